The van der Waals surface area contributed by atoms with Crippen LogP contribution < -0.4 is 5.32 Å². The Kier molecular flexibility index (Phi) is 1.89. The summed E-state index contributed by atoms with van der Waals surface area (Å²) in [6, 6.07) is 0.602. The van der Waals surface area contributed by atoms with Gasteiger partial charge >= 0.3 is 0 Å². The maximum atomic E-state index is 4.40. The fourth-order valence-electron chi connectivity index (χ4n) is 2.55. The summed E-state index contributed by atoms with van der Waals surface area (Å²) < 4.78 is 1.91. The predicted octanol–water partition coefficient (Wildman–Crippen LogP) is 1.72. The Labute approximate surface area is 99.3 Å². The van der Waals surface area contributed by atoms with Gasteiger partial charge in [0.2, 0.25) is 5.65 Å². The van der Waals surface area contributed by atoms with Gasteiger partial charge in [0.1, 0.15) is 6.33 Å². The summed E-state index contributed by atoms with van der Waals surface area (Å²) in [6.07, 6.45) is 10.9. The third-order valence-electron chi connectivity index (χ3n) is 3.78. The van der Waals surface area contributed by atoms with Crippen LogP contribution in [0.5, 0.6) is 0 Å². The lowest BCUT2D eigenvalue weighted by Gasteiger charge is -2.18. The number of hydrogen-bond donors (Lipinski definition) is 1. The zero-order valence-corrected chi connectivity index (χ0v) is 9.58. The summed E-state index contributed by atoms with van der Waals surface area (Å²) in [6.45, 7) is 0. The van der Waals surface area contributed by atoms with Crippen molar-refractivity contribution in [2.75, 3.05) is 5.32 Å². The average Bonchev–Trinajstić information content (AvgIpc) is 3.25. The van der Waals surface area contributed by atoms with E-state index < -0.39 is 0 Å². The van der Waals surface area contributed by atoms with Gasteiger partial charge in [0.25, 0.3) is 0 Å². The van der Waals surface area contributed by atoms with Gasteiger partial charge in [0.15, 0.2) is 5.82 Å². The Morgan fingerprint density at radius 3 is 2.71 bits per heavy atom. The number of rotatable bonds is 4. The highest BCUT2D eigenvalue weighted by Crippen LogP contribution is 2.45. The molecule has 0 aromatic carbocycles. The Morgan fingerprint density at radius 2 is 2.00 bits per heavy atom. The number of hydrogen-bond acceptors (Lipinski definition) is 4. The Morgan fingerprint density at radius 1 is 1.24 bits per heavy atom. The molecule has 0 atom stereocenters. The van der Waals surface area contributed by atoms with E-state index in [1.54, 1.807) is 12.5 Å². The van der Waals surface area contributed by atoms with Crippen molar-refractivity contribution in [1.82, 2.24) is 19.6 Å². The van der Waals surface area contributed by atoms with Crippen molar-refractivity contribution >= 4 is 11.5 Å². The third-order valence-corrected chi connectivity index (χ3v) is 3.78. The van der Waals surface area contributed by atoms with Gasteiger partial charge in [-0.25, -0.2) is 4.98 Å². The van der Waals surface area contributed by atoms with Gasteiger partial charge in [-0.15, -0.1) is 10.2 Å². The zero-order valence-electron chi connectivity index (χ0n) is 9.58. The molecule has 2 aromatic rings. The van der Waals surface area contributed by atoms with Crippen LogP contribution >= 0.6 is 0 Å². The summed E-state index contributed by atoms with van der Waals surface area (Å²) in [7, 11) is 0. The fourth-order valence-corrected chi connectivity index (χ4v) is 2.55. The molecule has 2 heterocycles. The first-order valence-corrected chi connectivity index (χ1v) is 6.33. The molecule has 1 N–H and O–H groups in total. The second kappa shape index (κ2) is 3.42. The molecular formula is C12H15N5. The summed E-state index contributed by atoms with van der Waals surface area (Å²) in [4.78, 5) is 4.40. The van der Waals surface area contributed by atoms with Crippen LogP contribution in [0.4, 0.5) is 5.82 Å². The van der Waals surface area contributed by atoms with Crippen LogP contribution in [0.2, 0.25) is 0 Å². The second-order valence-corrected chi connectivity index (χ2v) is 5.18. The number of aromatic nitrogens is 4. The van der Waals surface area contributed by atoms with Crippen molar-refractivity contribution in [3.63, 3.8) is 0 Å². The average molecular weight is 229 g/mol. The van der Waals surface area contributed by atoms with E-state index in [0.29, 0.717) is 6.04 Å². The van der Waals surface area contributed by atoms with Gasteiger partial charge in [-0.2, -0.15) is 0 Å². The van der Waals surface area contributed by atoms with Crippen LogP contribution in [-0.2, 0) is 0 Å². The van der Waals surface area contributed by atoms with Gasteiger partial charge < -0.3 is 5.32 Å². The van der Waals surface area contributed by atoms with Crippen LogP contribution in [-0.4, -0.2) is 25.6 Å². The fraction of sp³-hybridized carbons (Fsp3) is 0.583. The lowest BCUT2D eigenvalue weighted by Crippen LogP contribution is -2.25. The van der Waals surface area contributed by atoms with Gasteiger partial charge in [0, 0.05) is 18.4 Å². The molecule has 5 heteroatoms. The highest BCUT2D eigenvalue weighted by atomic mass is 15.2. The summed E-state index contributed by atoms with van der Waals surface area (Å²) >= 11 is 0. The SMILES string of the molecule is c1cn2cnnc2c(NC(C2CC2)C2CC2)n1. The van der Waals surface area contributed by atoms with Crippen LogP contribution in [0.1, 0.15) is 25.7 Å². The maximum Gasteiger partial charge on any atom is 0.203 e. The Bertz CT molecular complexity index is 529. The van der Waals surface area contributed by atoms with E-state index in [0.717, 1.165) is 23.3 Å². The molecule has 0 saturated heterocycles. The Balaban J connectivity index is 1.66. The molecule has 0 unspecified atom stereocenters. The number of fused-ring (bicyclic) bond motifs is 1. The molecule has 2 saturated carbocycles. The van der Waals surface area contributed by atoms with Gasteiger partial charge in [-0.1, -0.05) is 0 Å². The molecule has 0 amide bonds. The zero-order chi connectivity index (χ0) is 11.2. The van der Waals surface area contributed by atoms with Crippen molar-refractivity contribution in [3.05, 3.63) is 18.7 Å². The molecule has 5 nitrogen and oxygen atoms in total. The molecule has 0 aliphatic heterocycles. The molecule has 2 aromatic heterocycles. The van der Waals surface area contributed by atoms with Crippen LogP contribution in [0.25, 0.3) is 5.65 Å². The van der Waals surface area contributed by atoms with E-state index in [1.165, 1.54) is 25.7 Å². The van der Waals surface area contributed by atoms with Gasteiger partial charge in [-0.3, -0.25) is 4.40 Å². The van der Waals surface area contributed by atoms with Crippen LogP contribution in [0.3, 0.4) is 0 Å². The lowest BCUT2D eigenvalue weighted by molar-refractivity contribution is 0.566. The highest BCUT2D eigenvalue weighted by Gasteiger charge is 2.41. The molecule has 4 rings (SSSR count). The monoisotopic (exact) mass is 229 g/mol. The van der Waals surface area contributed by atoms with Gasteiger partial charge in [-0.05, 0) is 37.5 Å². The topological polar surface area (TPSA) is 55.1 Å². The van der Waals surface area contributed by atoms with Crippen LogP contribution in [0, 0.1) is 11.8 Å². The first-order chi connectivity index (χ1) is 8.42. The standard InChI is InChI=1S/C12H15N5/c1-2-8(1)10(9-3-4-9)15-11-12-16-14-7-17(12)6-5-13-11/h5-10H,1-4H2,(H,13,15). The molecule has 0 radical (unpaired) electrons. The Hall–Kier alpha value is -1.65. The molecule has 17 heavy (non-hydrogen) atoms. The van der Waals surface area contributed by atoms with Crippen molar-refractivity contribution < 1.29 is 0 Å². The summed E-state index contributed by atoms with van der Waals surface area (Å²) in [5.41, 5.74) is 0.832. The minimum atomic E-state index is 0.602. The smallest absolute Gasteiger partial charge is 0.203 e. The molecule has 88 valence electrons. The van der Waals surface area contributed by atoms with Crippen molar-refractivity contribution in [2.24, 2.45) is 11.8 Å². The number of anilines is 1. The predicted molar refractivity (Wildman–Crippen MR) is 63.6 cm³/mol. The second-order valence-electron chi connectivity index (χ2n) is 5.18. The van der Waals surface area contributed by atoms with E-state index in [9.17, 15) is 0 Å². The van der Waals surface area contributed by atoms with Gasteiger partial charge in [0.05, 0.1) is 0 Å². The molecule has 0 spiro atoms. The number of nitrogens with zero attached hydrogens (tertiary/aromatic N) is 4. The lowest BCUT2D eigenvalue weighted by atomic mass is 10.1. The molecular weight excluding hydrogens is 214 g/mol. The molecule has 0 bridgehead atoms. The molecule has 2 aliphatic carbocycles. The largest absolute Gasteiger partial charge is 0.364 e. The maximum absolute atomic E-state index is 4.40. The van der Waals surface area contributed by atoms with E-state index in [4.69, 9.17) is 0 Å². The minimum absolute atomic E-state index is 0.602. The van der Waals surface area contributed by atoms with Crippen LogP contribution in [0.15, 0.2) is 18.7 Å². The summed E-state index contributed by atoms with van der Waals surface area (Å²) in [5.74, 6) is 2.59. The number of nitrogens with one attached hydrogen (secondary N) is 1. The summed E-state index contributed by atoms with van der Waals surface area (Å²) in [5, 5.41) is 11.6. The molecule has 2 aliphatic rings. The van der Waals surface area contributed by atoms with E-state index >= 15 is 0 Å². The van der Waals surface area contributed by atoms with E-state index in [2.05, 4.69) is 20.5 Å². The highest BCUT2D eigenvalue weighted by molar-refractivity contribution is 5.62. The van der Waals surface area contributed by atoms with Crippen molar-refractivity contribution in [2.45, 2.75) is 31.7 Å². The van der Waals surface area contributed by atoms with Crippen molar-refractivity contribution in [1.29, 1.82) is 0 Å². The minimum Gasteiger partial charge on any atom is -0.364 e. The quantitative estimate of drug-likeness (QED) is 0.867. The van der Waals surface area contributed by atoms with E-state index in [1.807, 2.05) is 10.6 Å². The normalized spacial score (nSPS) is 20.1. The first-order valence-electron chi connectivity index (χ1n) is 6.33. The third kappa shape index (κ3) is 1.66. The van der Waals surface area contributed by atoms with Crippen molar-refractivity contribution in [3.8, 4) is 0 Å². The molecule has 2 fully saturated rings. The van der Waals surface area contributed by atoms with E-state index in [-0.39, 0.29) is 0 Å². The first kappa shape index (κ1) is 9.39.